The van der Waals surface area contributed by atoms with Crippen molar-refractivity contribution in [3.63, 3.8) is 0 Å². The summed E-state index contributed by atoms with van der Waals surface area (Å²) in [4.78, 5) is 30.1. The lowest BCUT2D eigenvalue weighted by molar-refractivity contribution is -0.128. The fraction of sp³-hybridized carbons (Fsp3) is 0.412. The second-order valence-electron chi connectivity index (χ2n) is 6.27. The van der Waals surface area contributed by atoms with E-state index in [0.717, 1.165) is 11.4 Å². The molecular weight excluding hydrogens is 306 g/mol. The standard InChI is InChI=1S/C17H21N5O2/c1-11(2)22-15(18-10-19-22)12-4-6-13(7-5-12)16(23)20-14-8-9-21(3)17(14)24/h4-7,10-11,14H,8-9H2,1-3H3,(H,20,23)/t14-/m1/s1. The predicted molar refractivity (Wildman–Crippen MR) is 89.4 cm³/mol. The Morgan fingerprint density at radius 3 is 2.58 bits per heavy atom. The van der Waals surface area contributed by atoms with E-state index in [9.17, 15) is 9.59 Å². The van der Waals surface area contributed by atoms with Crippen molar-refractivity contribution in [2.75, 3.05) is 13.6 Å². The zero-order valence-electron chi connectivity index (χ0n) is 14.1. The predicted octanol–water partition coefficient (Wildman–Crippen LogP) is 1.49. The van der Waals surface area contributed by atoms with Gasteiger partial charge in [0.15, 0.2) is 5.82 Å². The highest BCUT2D eigenvalue weighted by Gasteiger charge is 2.30. The second kappa shape index (κ2) is 6.43. The summed E-state index contributed by atoms with van der Waals surface area (Å²) >= 11 is 0. The Kier molecular flexibility index (Phi) is 4.33. The Morgan fingerprint density at radius 2 is 2.00 bits per heavy atom. The van der Waals surface area contributed by atoms with E-state index in [1.54, 1.807) is 24.1 Å². The monoisotopic (exact) mass is 327 g/mol. The Balaban J connectivity index is 1.73. The van der Waals surface area contributed by atoms with E-state index in [4.69, 9.17) is 0 Å². The van der Waals surface area contributed by atoms with E-state index in [1.165, 1.54) is 6.33 Å². The minimum atomic E-state index is -0.425. The van der Waals surface area contributed by atoms with E-state index in [0.29, 0.717) is 18.5 Å². The van der Waals surface area contributed by atoms with Crippen LogP contribution < -0.4 is 5.32 Å². The summed E-state index contributed by atoms with van der Waals surface area (Å²) in [5.74, 6) is 0.495. The van der Waals surface area contributed by atoms with E-state index in [-0.39, 0.29) is 17.9 Å². The van der Waals surface area contributed by atoms with E-state index < -0.39 is 6.04 Å². The van der Waals surface area contributed by atoms with Crippen LogP contribution in [-0.4, -0.2) is 51.1 Å². The summed E-state index contributed by atoms with van der Waals surface area (Å²) in [7, 11) is 1.74. The first kappa shape index (κ1) is 16.2. The molecule has 1 aromatic heterocycles. The lowest BCUT2D eigenvalue weighted by Gasteiger charge is -2.13. The highest BCUT2D eigenvalue weighted by molar-refractivity contribution is 5.98. The highest BCUT2D eigenvalue weighted by Crippen LogP contribution is 2.20. The molecule has 0 unspecified atom stereocenters. The number of carbonyl (C=O) groups is 2. The van der Waals surface area contributed by atoms with Gasteiger partial charge in [-0.25, -0.2) is 9.67 Å². The van der Waals surface area contributed by atoms with E-state index >= 15 is 0 Å². The average Bonchev–Trinajstić information content (AvgIpc) is 3.17. The number of likely N-dealkylation sites (N-methyl/N-ethyl adjacent to an activating group) is 1. The van der Waals surface area contributed by atoms with Crippen molar-refractivity contribution in [3.8, 4) is 11.4 Å². The fourth-order valence-electron chi connectivity index (χ4n) is 2.80. The molecule has 126 valence electrons. The molecule has 1 aromatic carbocycles. The fourth-order valence-corrected chi connectivity index (χ4v) is 2.80. The van der Waals surface area contributed by atoms with Gasteiger partial charge in [0.05, 0.1) is 0 Å². The topological polar surface area (TPSA) is 80.1 Å². The maximum absolute atomic E-state index is 12.3. The number of carbonyl (C=O) groups excluding carboxylic acids is 2. The lowest BCUT2D eigenvalue weighted by atomic mass is 10.1. The number of aromatic nitrogens is 3. The highest BCUT2D eigenvalue weighted by atomic mass is 16.2. The molecule has 0 spiro atoms. The Bertz CT molecular complexity index is 751. The normalized spacial score (nSPS) is 17.6. The van der Waals surface area contributed by atoms with Crippen molar-refractivity contribution in [1.82, 2.24) is 25.0 Å². The molecule has 0 radical (unpaired) electrons. The van der Waals surface area contributed by atoms with Crippen LogP contribution in [0.2, 0.25) is 0 Å². The molecule has 24 heavy (non-hydrogen) atoms. The van der Waals surface area contributed by atoms with Gasteiger partial charge < -0.3 is 10.2 Å². The number of hydrogen-bond acceptors (Lipinski definition) is 4. The minimum absolute atomic E-state index is 0.0370. The number of nitrogens with zero attached hydrogens (tertiary/aromatic N) is 4. The van der Waals surface area contributed by atoms with Crippen molar-refractivity contribution in [1.29, 1.82) is 0 Å². The quantitative estimate of drug-likeness (QED) is 0.922. The van der Waals surface area contributed by atoms with Gasteiger partial charge in [-0.05, 0) is 32.4 Å². The molecule has 1 aliphatic heterocycles. The van der Waals surface area contributed by atoms with Crippen molar-refractivity contribution >= 4 is 11.8 Å². The number of nitrogens with one attached hydrogen (secondary N) is 1. The van der Waals surface area contributed by atoms with Gasteiger partial charge >= 0.3 is 0 Å². The van der Waals surface area contributed by atoms with Crippen LogP contribution in [0.15, 0.2) is 30.6 Å². The molecular formula is C17H21N5O2. The average molecular weight is 327 g/mol. The molecule has 1 aliphatic rings. The van der Waals surface area contributed by atoms with Crippen molar-refractivity contribution in [3.05, 3.63) is 36.2 Å². The first-order chi connectivity index (χ1) is 11.5. The van der Waals surface area contributed by atoms with Crippen molar-refractivity contribution < 1.29 is 9.59 Å². The molecule has 1 saturated heterocycles. The molecule has 7 heteroatoms. The first-order valence-corrected chi connectivity index (χ1v) is 8.03. The molecule has 2 amide bonds. The maximum Gasteiger partial charge on any atom is 0.251 e. The maximum atomic E-state index is 12.3. The van der Waals surface area contributed by atoms with Crippen LogP contribution in [-0.2, 0) is 4.79 Å². The summed E-state index contributed by atoms with van der Waals surface area (Å²) in [5.41, 5.74) is 1.42. The first-order valence-electron chi connectivity index (χ1n) is 8.03. The number of rotatable bonds is 4. The number of likely N-dealkylation sites (tertiary alicyclic amines) is 1. The summed E-state index contributed by atoms with van der Waals surface area (Å²) in [5, 5.41) is 7.01. The van der Waals surface area contributed by atoms with Gasteiger partial charge in [-0.3, -0.25) is 9.59 Å². The molecule has 1 fully saturated rings. The molecule has 0 bridgehead atoms. The Hall–Kier alpha value is -2.70. The van der Waals surface area contributed by atoms with Gasteiger partial charge in [0, 0.05) is 30.8 Å². The lowest BCUT2D eigenvalue weighted by Crippen LogP contribution is -2.40. The largest absolute Gasteiger partial charge is 0.344 e. The number of benzene rings is 1. The smallest absolute Gasteiger partial charge is 0.251 e. The van der Waals surface area contributed by atoms with Gasteiger partial charge in [0.25, 0.3) is 5.91 Å². The van der Waals surface area contributed by atoms with Crippen LogP contribution in [0.3, 0.4) is 0 Å². The van der Waals surface area contributed by atoms with Gasteiger partial charge in [-0.1, -0.05) is 12.1 Å². The molecule has 3 rings (SSSR count). The molecule has 1 atom stereocenters. The molecule has 2 aromatic rings. The van der Waals surface area contributed by atoms with Crippen LogP contribution in [0.4, 0.5) is 0 Å². The van der Waals surface area contributed by atoms with Gasteiger partial charge in [-0.2, -0.15) is 5.10 Å². The third kappa shape index (κ3) is 3.02. The summed E-state index contributed by atoms with van der Waals surface area (Å²) in [6, 6.07) is 6.96. The van der Waals surface area contributed by atoms with Gasteiger partial charge in [-0.15, -0.1) is 0 Å². The van der Waals surface area contributed by atoms with Crippen LogP contribution in [0.1, 0.15) is 36.7 Å². The molecule has 0 aliphatic carbocycles. The zero-order chi connectivity index (χ0) is 17.3. The summed E-state index contributed by atoms with van der Waals surface area (Å²) in [6.45, 7) is 4.75. The Labute approximate surface area is 140 Å². The van der Waals surface area contributed by atoms with Crippen molar-refractivity contribution in [2.45, 2.75) is 32.4 Å². The minimum Gasteiger partial charge on any atom is -0.344 e. The molecule has 7 nitrogen and oxygen atoms in total. The van der Waals surface area contributed by atoms with Crippen LogP contribution >= 0.6 is 0 Å². The van der Waals surface area contributed by atoms with Crippen LogP contribution in [0.5, 0.6) is 0 Å². The Morgan fingerprint density at radius 1 is 1.29 bits per heavy atom. The van der Waals surface area contributed by atoms with Gasteiger partial charge in [0.1, 0.15) is 12.4 Å². The molecule has 1 N–H and O–H groups in total. The number of hydrogen-bond donors (Lipinski definition) is 1. The van der Waals surface area contributed by atoms with Crippen LogP contribution in [0, 0.1) is 0 Å². The summed E-state index contributed by atoms with van der Waals surface area (Å²) in [6.07, 6.45) is 2.18. The SMILES string of the molecule is CC(C)n1ncnc1-c1ccc(C(=O)N[C@@H]2CCN(C)C2=O)cc1. The third-order valence-electron chi connectivity index (χ3n) is 4.20. The van der Waals surface area contributed by atoms with E-state index in [1.807, 2.05) is 30.7 Å². The number of amides is 2. The zero-order valence-corrected chi connectivity index (χ0v) is 14.1. The molecule has 2 heterocycles. The summed E-state index contributed by atoms with van der Waals surface area (Å²) < 4.78 is 1.84. The molecule has 0 saturated carbocycles. The second-order valence-corrected chi connectivity index (χ2v) is 6.27. The van der Waals surface area contributed by atoms with Crippen LogP contribution in [0.25, 0.3) is 11.4 Å². The van der Waals surface area contributed by atoms with Crippen molar-refractivity contribution in [2.24, 2.45) is 0 Å². The third-order valence-corrected chi connectivity index (χ3v) is 4.20. The van der Waals surface area contributed by atoms with E-state index in [2.05, 4.69) is 15.4 Å². The van der Waals surface area contributed by atoms with Gasteiger partial charge in [0.2, 0.25) is 5.91 Å².